The van der Waals surface area contributed by atoms with Gasteiger partial charge in [0.15, 0.2) is 17.5 Å². The smallest absolute Gasteiger partial charge is 0.191 e. The van der Waals surface area contributed by atoms with Gasteiger partial charge in [0, 0.05) is 13.1 Å². The monoisotopic (exact) mass is 385 g/mol. The molecule has 1 unspecified atom stereocenters. The molecule has 0 fully saturated rings. The summed E-state index contributed by atoms with van der Waals surface area (Å²) < 4.78 is 10.6. The fourth-order valence-corrected chi connectivity index (χ4v) is 2.82. The molecule has 1 atom stereocenters. The SMILES string of the molecule is CCNC(=NCC(C)(O)c1ccccc1)NCCc1ccc(OC)c(OC)c1. The molecule has 0 heterocycles. The largest absolute Gasteiger partial charge is 0.493 e. The van der Waals surface area contributed by atoms with E-state index in [9.17, 15) is 5.11 Å². The summed E-state index contributed by atoms with van der Waals surface area (Å²) in [5, 5.41) is 17.3. The number of nitrogens with one attached hydrogen (secondary N) is 2. The van der Waals surface area contributed by atoms with Crippen molar-refractivity contribution in [1.29, 1.82) is 0 Å². The highest BCUT2D eigenvalue weighted by molar-refractivity contribution is 5.79. The summed E-state index contributed by atoms with van der Waals surface area (Å²) in [5.41, 5.74) is 0.963. The van der Waals surface area contributed by atoms with Crippen molar-refractivity contribution in [3.05, 3.63) is 59.7 Å². The standard InChI is InChI=1S/C22H31N3O3/c1-5-23-21(25-16-22(2,26)18-9-7-6-8-10-18)24-14-13-17-11-12-19(27-3)20(15-17)28-4/h6-12,15,26H,5,13-14,16H2,1-4H3,(H2,23,24,25). The van der Waals surface area contributed by atoms with Crippen molar-refractivity contribution in [1.82, 2.24) is 10.6 Å². The first-order valence-corrected chi connectivity index (χ1v) is 9.51. The molecule has 2 aromatic carbocycles. The molecular formula is C22H31N3O3. The Hall–Kier alpha value is -2.73. The second-order valence-electron chi connectivity index (χ2n) is 6.70. The molecule has 3 N–H and O–H groups in total. The van der Waals surface area contributed by atoms with Crippen molar-refractivity contribution in [3.8, 4) is 11.5 Å². The van der Waals surface area contributed by atoms with E-state index < -0.39 is 5.60 Å². The number of methoxy groups -OCH3 is 2. The zero-order chi connectivity index (χ0) is 20.4. The van der Waals surface area contributed by atoms with Crippen LogP contribution in [-0.4, -0.2) is 44.9 Å². The number of rotatable bonds is 9. The predicted octanol–water partition coefficient (Wildman–Crippen LogP) is 2.71. The lowest BCUT2D eigenvalue weighted by Crippen LogP contribution is -2.39. The first-order chi connectivity index (χ1) is 13.5. The molecule has 28 heavy (non-hydrogen) atoms. The quantitative estimate of drug-likeness (QED) is 0.457. The maximum atomic E-state index is 10.7. The number of ether oxygens (including phenoxy) is 2. The van der Waals surface area contributed by atoms with Crippen LogP contribution in [0.1, 0.15) is 25.0 Å². The van der Waals surface area contributed by atoms with Crippen LogP contribution in [0, 0.1) is 0 Å². The molecule has 0 bridgehead atoms. The lowest BCUT2D eigenvalue weighted by atomic mass is 9.96. The molecule has 0 amide bonds. The molecule has 0 aromatic heterocycles. The summed E-state index contributed by atoms with van der Waals surface area (Å²) >= 11 is 0. The van der Waals surface area contributed by atoms with Crippen molar-refractivity contribution >= 4 is 5.96 Å². The van der Waals surface area contributed by atoms with Gasteiger partial charge in [-0.25, -0.2) is 4.99 Å². The van der Waals surface area contributed by atoms with Gasteiger partial charge in [-0.2, -0.15) is 0 Å². The Bertz CT molecular complexity index is 761. The van der Waals surface area contributed by atoms with Gasteiger partial charge in [0.1, 0.15) is 5.60 Å². The lowest BCUT2D eigenvalue weighted by Gasteiger charge is -2.22. The third-order valence-electron chi connectivity index (χ3n) is 4.44. The molecule has 0 aliphatic rings. The van der Waals surface area contributed by atoms with E-state index in [4.69, 9.17) is 9.47 Å². The van der Waals surface area contributed by atoms with Gasteiger partial charge in [-0.15, -0.1) is 0 Å². The summed E-state index contributed by atoms with van der Waals surface area (Å²) in [6.45, 7) is 5.51. The highest BCUT2D eigenvalue weighted by atomic mass is 16.5. The highest BCUT2D eigenvalue weighted by Crippen LogP contribution is 2.27. The Balaban J connectivity index is 1.96. The summed E-state index contributed by atoms with van der Waals surface area (Å²) in [6.07, 6.45) is 0.805. The number of nitrogens with zero attached hydrogens (tertiary/aromatic N) is 1. The van der Waals surface area contributed by atoms with Crippen LogP contribution in [0.25, 0.3) is 0 Å². The van der Waals surface area contributed by atoms with E-state index >= 15 is 0 Å². The number of hydrogen-bond acceptors (Lipinski definition) is 4. The van der Waals surface area contributed by atoms with Gasteiger partial charge in [-0.1, -0.05) is 36.4 Å². The summed E-state index contributed by atoms with van der Waals surface area (Å²) in [6, 6.07) is 15.5. The van der Waals surface area contributed by atoms with Gasteiger partial charge in [0.25, 0.3) is 0 Å². The summed E-state index contributed by atoms with van der Waals surface area (Å²) in [7, 11) is 3.26. The van der Waals surface area contributed by atoms with Crippen molar-refractivity contribution in [3.63, 3.8) is 0 Å². The maximum absolute atomic E-state index is 10.7. The summed E-state index contributed by atoms with van der Waals surface area (Å²) in [4.78, 5) is 4.55. The van der Waals surface area contributed by atoms with Crippen LogP contribution < -0.4 is 20.1 Å². The molecular weight excluding hydrogens is 354 g/mol. The van der Waals surface area contributed by atoms with E-state index in [0.717, 1.165) is 35.6 Å². The number of aliphatic hydroxyl groups is 1. The Morgan fingerprint density at radius 3 is 2.39 bits per heavy atom. The van der Waals surface area contributed by atoms with Crippen molar-refractivity contribution in [2.75, 3.05) is 33.9 Å². The van der Waals surface area contributed by atoms with Gasteiger partial charge in [-0.05, 0) is 43.5 Å². The van der Waals surface area contributed by atoms with E-state index in [1.54, 1.807) is 21.1 Å². The number of hydrogen-bond donors (Lipinski definition) is 3. The average Bonchev–Trinajstić information content (AvgIpc) is 2.72. The third kappa shape index (κ3) is 6.16. The van der Waals surface area contributed by atoms with E-state index in [2.05, 4.69) is 15.6 Å². The highest BCUT2D eigenvalue weighted by Gasteiger charge is 2.22. The molecule has 6 nitrogen and oxygen atoms in total. The molecule has 0 spiro atoms. The third-order valence-corrected chi connectivity index (χ3v) is 4.44. The molecule has 152 valence electrons. The van der Waals surface area contributed by atoms with E-state index in [-0.39, 0.29) is 6.54 Å². The zero-order valence-corrected chi connectivity index (χ0v) is 17.2. The van der Waals surface area contributed by atoms with Crippen LogP contribution in [0.2, 0.25) is 0 Å². The minimum absolute atomic E-state index is 0.267. The van der Waals surface area contributed by atoms with Crippen molar-refractivity contribution in [2.45, 2.75) is 25.9 Å². The summed E-state index contributed by atoms with van der Waals surface area (Å²) in [5.74, 6) is 2.12. The van der Waals surface area contributed by atoms with Crippen molar-refractivity contribution < 1.29 is 14.6 Å². The van der Waals surface area contributed by atoms with E-state index in [1.807, 2.05) is 55.5 Å². The van der Waals surface area contributed by atoms with Gasteiger partial charge in [0.2, 0.25) is 0 Å². The molecule has 0 saturated carbocycles. The van der Waals surface area contributed by atoms with Crippen LogP contribution in [0.15, 0.2) is 53.5 Å². The van der Waals surface area contributed by atoms with Crippen LogP contribution in [0.5, 0.6) is 11.5 Å². The average molecular weight is 386 g/mol. The van der Waals surface area contributed by atoms with Gasteiger partial charge in [0.05, 0.1) is 20.8 Å². The van der Waals surface area contributed by atoms with E-state index in [1.165, 1.54) is 0 Å². The molecule has 2 aromatic rings. The molecule has 0 aliphatic heterocycles. The number of benzene rings is 2. The van der Waals surface area contributed by atoms with E-state index in [0.29, 0.717) is 12.5 Å². The van der Waals surface area contributed by atoms with Crippen molar-refractivity contribution in [2.24, 2.45) is 4.99 Å². The fraction of sp³-hybridized carbons (Fsp3) is 0.409. The molecule has 0 aliphatic carbocycles. The van der Waals surface area contributed by atoms with Crippen LogP contribution in [0.3, 0.4) is 0 Å². The topological polar surface area (TPSA) is 75.1 Å². The van der Waals surface area contributed by atoms with Crippen LogP contribution in [0.4, 0.5) is 0 Å². The second kappa shape index (κ2) is 10.6. The first-order valence-electron chi connectivity index (χ1n) is 9.51. The predicted molar refractivity (Wildman–Crippen MR) is 113 cm³/mol. The minimum atomic E-state index is -1.02. The zero-order valence-electron chi connectivity index (χ0n) is 17.2. The Morgan fingerprint density at radius 2 is 1.75 bits per heavy atom. The first kappa shape index (κ1) is 21.6. The maximum Gasteiger partial charge on any atom is 0.191 e. The van der Waals surface area contributed by atoms with Gasteiger partial charge < -0.3 is 25.2 Å². The minimum Gasteiger partial charge on any atom is -0.493 e. The molecule has 2 rings (SSSR count). The molecule has 0 saturated heterocycles. The Kier molecular flexibility index (Phi) is 8.14. The lowest BCUT2D eigenvalue weighted by molar-refractivity contribution is 0.0672. The fourth-order valence-electron chi connectivity index (χ4n) is 2.82. The van der Waals surface area contributed by atoms with Crippen LogP contribution in [-0.2, 0) is 12.0 Å². The number of guanidine groups is 1. The normalized spacial score (nSPS) is 13.5. The number of aliphatic imine (C=N–C) groups is 1. The van der Waals surface area contributed by atoms with Gasteiger partial charge in [-0.3, -0.25) is 0 Å². The Labute approximate surface area is 167 Å². The van der Waals surface area contributed by atoms with Crippen LogP contribution >= 0.6 is 0 Å². The van der Waals surface area contributed by atoms with Gasteiger partial charge >= 0.3 is 0 Å². The Morgan fingerprint density at radius 1 is 1.04 bits per heavy atom. The molecule has 0 radical (unpaired) electrons. The molecule has 6 heteroatoms. The second-order valence-corrected chi connectivity index (χ2v) is 6.70.